The zero-order valence-corrected chi connectivity index (χ0v) is 25.2. The molecule has 0 aliphatic heterocycles. The van der Waals surface area contributed by atoms with Crippen LogP contribution in [0.5, 0.6) is 11.5 Å². The zero-order valence-electron chi connectivity index (χ0n) is 25.2. The van der Waals surface area contributed by atoms with Gasteiger partial charge in [-0.15, -0.1) is 0 Å². The van der Waals surface area contributed by atoms with E-state index in [-0.39, 0.29) is 6.61 Å². The smallest absolute Gasteiger partial charge is 0.125 e. The van der Waals surface area contributed by atoms with Gasteiger partial charge in [-0.2, -0.15) is 0 Å². The van der Waals surface area contributed by atoms with Gasteiger partial charge in [0.05, 0.1) is 25.5 Å². The van der Waals surface area contributed by atoms with E-state index in [1.807, 2.05) is 24.3 Å². The highest BCUT2D eigenvalue weighted by atomic mass is 16.5. The molecular weight excluding hydrogens is 494 g/mol. The molecule has 0 unspecified atom stereocenters. The molecule has 0 heterocycles. The molecule has 3 rings (SSSR count). The number of aliphatic hydroxyl groups excluding tert-OH is 1. The van der Waals surface area contributed by atoms with Gasteiger partial charge in [-0.05, 0) is 49.6 Å². The third-order valence-electron chi connectivity index (χ3n) is 7.30. The van der Waals surface area contributed by atoms with Crippen molar-refractivity contribution in [3.05, 3.63) is 77.9 Å². The second-order valence-electron chi connectivity index (χ2n) is 10.9. The molecular formula is C36H51NO3. The highest BCUT2D eigenvalue weighted by Crippen LogP contribution is 2.39. The van der Waals surface area contributed by atoms with Crippen molar-refractivity contribution in [3.63, 3.8) is 0 Å². The molecule has 0 aromatic heterocycles. The van der Waals surface area contributed by atoms with Crippen LogP contribution in [-0.2, 0) is 6.61 Å². The molecule has 0 saturated heterocycles. The average molecular weight is 546 g/mol. The third-order valence-corrected chi connectivity index (χ3v) is 7.30. The molecule has 0 aliphatic rings. The van der Waals surface area contributed by atoms with Gasteiger partial charge in [0.1, 0.15) is 11.5 Å². The number of ether oxygens (including phenoxy) is 2. The molecule has 0 saturated carbocycles. The summed E-state index contributed by atoms with van der Waals surface area (Å²) in [5.41, 5.74) is 5.12. The number of unbranched alkanes of at least 4 members (excludes halogenated alkanes) is 10. The molecule has 40 heavy (non-hydrogen) atoms. The molecule has 0 spiro atoms. The Balaban J connectivity index is 1.83. The third kappa shape index (κ3) is 10.9. The molecule has 218 valence electrons. The van der Waals surface area contributed by atoms with Crippen molar-refractivity contribution in [2.45, 2.75) is 104 Å². The summed E-state index contributed by atoms with van der Waals surface area (Å²) >= 11 is 0. The minimum atomic E-state index is 0.00357. The van der Waals surface area contributed by atoms with Crippen molar-refractivity contribution < 1.29 is 14.6 Å². The van der Waals surface area contributed by atoms with Gasteiger partial charge in [0, 0.05) is 29.6 Å². The van der Waals surface area contributed by atoms with Crippen LogP contribution >= 0.6 is 0 Å². The fourth-order valence-electron chi connectivity index (χ4n) is 4.93. The Hall–Kier alpha value is -2.98. The van der Waals surface area contributed by atoms with Crippen molar-refractivity contribution in [2.75, 3.05) is 18.1 Å². The van der Waals surface area contributed by atoms with E-state index in [9.17, 15) is 5.11 Å². The van der Waals surface area contributed by atoms with Gasteiger partial charge < -0.3 is 19.5 Å². The predicted octanol–water partition coefficient (Wildman–Crippen LogP) is 10.4. The first kappa shape index (κ1) is 31.5. The fourth-order valence-corrected chi connectivity index (χ4v) is 4.93. The van der Waals surface area contributed by atoms with Crippen LogP contribution in [0.4, 0.5) is 17.1 Å². The SMILES string of the molecule is CCCCCCCCOc1cc(OCCCCCCCC)cc(N(c2ccc(C)cc2)c2cccc(CO)c2)c1. The number of benzene rings is 3. The summed E-state index contributed by atoms with van der Waals surface area (Å²) in [6.07, 6.45) is 14.8. The van der Waals surface area contributed by atoms with Crippen LogP contribution in [-0.4, -0.2) is 18.3 Å². The van der Waals surface area contributed by atoms with Crippen LogP contribution in [0, 0.1) is 6.92 Å². The van der Waals surface area contributed by atoms with E-state index in [1.54, 1.807) is 0 Å². The summed E-state index contributed by atoms with van der Waals surface area (Å²) in [5, 5.41) is 9.83. The maximum Gasteiger partial charge on any atom is 0.125 e. The average Bonchev–Trinajstić information content (AvgIpc) is 2.97. The van der Waals surface area contributed by atoms with Gasteiger partial charge in [0.25, 0.3) is 0 Å². The first-order valence-electron chi connectivity index (χ1n) is 15.6. The molecule has 3 aromatic carbocycles. The Morgan fingerprint density at radius 1 is 0.575 bits per heavy atom. The lowest BCUT2D eigenvalue weighted by molar-refractivity contribution is 0.282. The second-order valence-corrected chi connectivity index (χ2v) is 10.9. The molecule has 0 bridgehead atoms. The van der Waals surface area contributed by atoms with E-state index >= 15 is 0 Å². The lowest BCUT2D eigenvalue weighted by atomic mass is 10.1. The summed E-state index contributed by atoms with van der Waals surface area (Å²) in [5.74, 6) is 1.67. The molecule has 0 aliphatic carbocycles. The first-order chi connectivity index (χ1) is 19.6. The first-order valence-corrected chi connectivity index (χ1v) is 15.6. The van der Waals surface area contributed by atoms with Crippen LogP contribution in [0.25, 0.3) is 0 Å². The van der Waals surface area contributed by atoms with Gasteiger partial charge in [-0.1, -0.05) is 108 Å². The Bertz CT molecular complexity index is 1060. The van der Waals surface area contributed by atoms with Crippen LogP contribution in [0.15, 0.2) is 66.7 Å². The summed E-state index contributed by atoms with van der Waals surface area (Å²) in [6, 6.07) is 22.9. The number of hydrogen-bond acceptors (Lipinski definition) is 4. The van der Waals surface area contributed by atoms with Crippen molar-refractivity contribution in [3.8, 4) is 11.5 Å². The minimum Gasteiger partial charge on any atom is -0.493 e. The molecule has 0 atom stereocenters. The molecule has 3 aromatic rings. The lowest BCUT2D eigenvalue weighted by Gasteiger charge is -2.27. The Morgan fingerprint density at radius 3 is 1.68 bits per heavy atom. The number of hydrogen-bond donors (Lipinski definition) is 1. The molecule has 0 amide bonds. The predicted molar refractivity (Wildman–Crippen MR) is 170 cm³/mol. The Labute approximate surface area is 243 Å². The Morgan fingerprint density at radius 2 is 1.12 bits per heavy atom. The Kier molecular flexibility index (Phi) is 14.5. The van der Waals surface area contributed by atoms with Crippen LogP contribution in [0.1, 0.15) is 102 Å². The summed E-state index contributed by atoms with van der Waals surface area (Å²) in [7, 11) is 0. The molecule has 1 N–H and O–H groups in total. The summed E-state index contributed by atoms with van der Waals surface area (Å²) < 4.78 is 12.6. The van der Waals surface area contributed by atoms with Crippen LogP contribution in [0.2, 0.25) is 0 Å². The van der Waals surface area contributed by atoms with Gasteiger partial charge in [-0.25, -0.2) is 0 Å². The van der Waals surface area contributed by atoms with Gasteiger partial charge in [0.2, 0.25) is 0 Å². The van der Waals surface area contributed by atoms with Crippen LogP contribution < -0.4 is 14.4 Å². The van der Waals surface area contributed by atoms with Crippen molar-refractivity contribution >= 4 is 17.1 Å². The van der Waals surface area contributed by atoms with E-state index in [2.05, 4.69) is 68.1 Å². The number of aliphatic hydroxyl groups is 1. The summed E-state index contributed by atoms with van der Waals surface area (Å²) in [6.45, 7) is 8.02. The zero-order chi connectivity index (χ0) is 28.4. The van der Waals surface area contributed by atoms with E-state index in [0.717, 1.165) is 47.0 Å². The maximum absolute atomic E-state index is 9.83. The van der Waals surface area contributed by atoms with E-state index in [1.165, 1.54) is 69.8 Å². The van der Waals surface area contributed by atoms with Crippen molar-refractivity contribution in [1.29, 1.82) is 0 Å². The maximum atomic E-state index is 9.83. The molecule has 4 nitrogen and oxygen atoms in total. The van der Waals surface area contributed by atoms with E-state index < -0.39 is 0 Å². The number of anilines is 3. The van der Waals surface area contributed by atoms with Gasteiger partial charge in [0.15, 0.2) is 0 Å². The molecule has 0 radical (unpaired) electrons. The topological polar surface area (TPSA) is 41.9 Å². The van der Waals surface area contributed by atoms with Crippen molar-refractivity contribution in [2.24, 2.45) is 0 Å². The molecule has 0 fully saturated rings. The minimum absolute atomic E-state index is 0.00357. The van der Waals surface area contributed by atoms with Gasteiger partial charge >= 0.3 is 0 Å². The lowest BCUT2D eigenvalue weighted by Crippen LogP contribution is -2.11. The largest absolute Gasteiger partial charge is 0.493 e. The van der Waals surface area contributed by atoms with Crippen molar-refractivity contribution in [1.82, 2.24) is 0 Å². The number of nitrogens with zero attached hydrogens (tertiary/aromatic N) is 1. The van der Waals surface area contributed by atoms with E-state index in [0.29, 0.717) is 13.2 Å². The highest BCUT2D eigenvalue weighted by molar-refractivity contribution is 5.78. The monoisotopic (exact) mass is 545 g/mol. The number of rotatable bonds is 20. The van der Waals surface area contributed by atoms with Gasteiger partial charge in [-0.3, -0.25) is 0 Å². The quantitative estimate of drug-likeness (QED) is 0.143. The second kappa shape index (κ2) is 18.4. The normalized spacial score (nSPS) is 11.0. The van der Waals surface area contributed by atoms with Crippen LogP contribution in [0.3, 0.4) is 0 Å². The van der Waals surface area contributed by atoms with E-state index in [4.69, 9.17) is 9.47 Å². The fraction of sp³-hybridized carbons (Fsp3) is 0.500. The molecule has 4 heteroatoms. The number of aryl methyl sites for hydroxylation is 1. The highest BCUT2D eigenvalue weighted by Gasteiger charge is 2.16. The summed E-state index contributed by atoms with van der Waals surface area (Å²) in [4.78, 5) is 2.22. The standard InChI is InChI=1S/C36H51NO3/c1-4-6-8-10-12-14-23-39-35-26-34(27-36(28-35)40-24-15-13-11-9-7-5-2)37(32-21-19-30(3)20-22-32)33-18-16-17-31(25-33)29-38/h16-22,25-28,38H,4-15,23-24,29H2,1-3H3.